The summed E-state index contributed by atoms with van der Waals surface area (Å²) in [6.07, 6.45) is 0. The number of hydrogen-bond donors (Lipinski definition) is 0. The molecule has 0 bridgehead atoms. The molecule has 0 N–H and O–H groups in total. The molecule has 1 heterocycles. The van der Waals surface area contributed by atoms with Crippen molar-refractivity contribution in [3.05, 3.63) is 63.1 Å². The van der Waals surface area contributed by atoms with Crippen molar-refractivity contribution >= 4 is 5.91 Å². The number of likely N-dealkylation sites (N-methyl/N-ethyl adjacent to an activating group) is 1. The van der Waals surface area contributed by atoms with Crippen molar-refractivity contribution in [2.24, 2.45) is 0 Å². The lowest BCUT2D eigenvalue weighted by atomic mass is 10.1. The fourth-order valence-electron chi connectivity index (χ4n) is 2.20. The van der Waals surface area contributed by atoms with Gasteiger partial charge in [-0.15, -0.1) is 0 Å². The van der Waals surface area contributed by atoms with Crippen molar-refractivity contribution in [2.75, 3.05) is 7.05 Å². The number of nitrogens with zero attached hydrogens (tertiary/aromatic N) is 4. The van der Waals surface area contributed by atoms with Gasteiger partial charge in [0.15, 0.2) is 0 Å². The molecule has 6 heteroatoms. The zero-order chi connectivity index (χ0) is 17.0. The van der Waals surface area contributed by atoms with Crippen LogP contribution >= 0.6 is 0 Å². The largest absolute Gasteiger partial charge is 0.340 e. The van der Waals surface area contributed by atoms with Gasteiger partial charge in [-0.05, 0) is 25.0 Å². The van der Waals surface area contributed by atoms with Crippen LogP contribution < -0.4 is 5.56 Å². The normalized spacial score (nSPS) is 10.2. The molecule has 2 aromatic rings. The molecular weight excluding hydrogens is 292 g/mol. The smallest absolute Gasteiger partial charge is 0.285 e. The van der Waals surface area contributed by atoms with E-state index in [2.05, 4.69) is 5.10 Å². The van der Waals surface area contributed by atoms with Crippen LogP contribution in [0.5, 0.6) is 0 Å². The van der Waals surface area contributed by atoms with Crippen molar-refractivity contribution in [1.82, 2.24) is 14.7 Å². The third-order valence-electron chi connectivity index (χ3n) is 3.72. The molecule has 0 aliphatic heterocycles. The first kappa shape index (κ1) is 16.4. The highest BCUT2D eigenvalue weighted by atomic mass is 16.2. The summed E-state index contributed by atoms with van der Waals surface area (Å²) in [4.78, 5) is 26.0. The van der Waals surface area contributed by atoms with Crippen LogP contribution in [0.15, 0.2) is 35.1 Å². The predicted octanol–water partition coefficient (Wildman–Crippen LogP) is 1.39. The van der Waals surface area contributed by atoms with Crippen LogP contribution in [0.3, 0.4) is 0 Å². The van der Waals surface area contributed by atoms with Crippen LogP contribution in [0.25, 0.3) is 0 Å². The highest BCUT2D eigenvalue weighted by molar-refractivity contribution is 5.75. The number of aryl methyl sites for hydroxylation is 1. The third kappa shape index (κ3) is 3.64. The van der Waals surface area contributed by atoms with Crippen LogP contribution in [0.2, 0.25) is 0 Å². The van der Waals surface area contributed by atoms with Crippen molar-refractivity contribution in [2.45, 2.75) is 26.9 Å². The zero-order valence-electron chi connectivity index (χ0n) is 13.4. The van der Waals surface area contributed by atoms with Crippen molar-refractivity contribution in [3.63, 3.8) is 0 Å². The van der Waals surface area contributed by atoms with Crippen molar-refractivity contribution < 1.29 is 4.79 Å². The summed E-state index contributed by atoms with van der Waals surface area (Å²) in [7, 11) is 1.67. The quantitative estimate of drug-likeness (QED) is 0.855. The number of carbonyl (C=O) groups excluding carboxylic acids is 1. The number of rotatable bonds is 4. The van der Waals surface area contributed by atoms with Crippen LogP contribution in [-0.2, 0) is 17.9 Å². The first-order chi connectivity index (χ1) is 10.9. The fourth-order valence-corrected chi connectivity index (χ4v) is 2.20. The lowest BCUT2D eigenvalue weighted by Gasteiger charge is -2.18. The van der Waals surface area contributed by atoms with Gasteiger partial charge in [0.1, 0.15) is 18.2 Å². The highest BCUT2D eigenvalue weighted by Crippen LogP contribution is 2.06. The van der Waals surface area contributed by atoms with E-state index in [9.17, 15) is 9.59 Å². The molecule has 0 fully saturated rings. The number of benzene rings is 1. The van der Waals surface area contributed by atoms with Crippen LogP contribution in [0.1, 0.15) is 22.4 Å². The molecule has 118 valence electrons. The van der Waals surface area contributed by atoms with E-state index in [1.165, 1.54) is 4.90 Å². The van der Waals surface area contributed by atoms with E-state index in [-0.39, 0.29) is 18.0 Å². The van der Waals surface area contributed by atoms with Gasteiger partial charge in [-0.1, -0.05) is 30.3 Å². The maximum Gasteiger partial charge on any atom is 0.285 e. The van der Waals surface area contributed by atoms with Crippen molar-refractivity contribution in [3.8, 4) is 6.07 Å². The van der Waals surface area contributed by atoms with E-state index in [1.807, 2.05) is 36.4 Å². The van der Waals surface area contributed by atoms with E-state index >= 15 is 0 Å². The third-order valence-corrected chi connectivity index (χ3v) is 3.72. The minimum Gasteiger partial charge on any atom is -0.340 e. The first-order valence-corrected chi connectivity index (χ1v) is 7.20. The van der Waals surface area contributed by atoms with E-state index in [0.717, 1.165) is 10.2 Å². The van der Waals surface area contributed by atoms with Gasteiger partial charge >= 0.3 is 0 Å². The monoisotopic (exact) mass is 310 g/mol. The van der Waals surface area contributed by atoms with Crippen LogP contribution in [-0.4, -0.2) is 27.6 Å². The number of nitriles is 1. The Kier molecular flexibility index (Phi) is 4.91. The fraction of sp³-hybridized carbons (Fsp3) is 0.294. The SMILES string of the molecule is Cc1nn(CC(=O)N(C)Cc2ccccc2)c(=O)c(C#N)c1C. The van der Waals surface area contributed by atoms with Crippen LogP contribution in [0, 0.1) is 25.2 Å². The number of hydrogen-bond acceptors (Lipinski definition) is 4. The molecule has 1 amide bonds. The molecule has 2 rings (SSSR count). The van der Waals surface area contributed by atoms with E-state index in [1.54, 1.807) is 20.9 Å². The number of amides is 1. The van der Waals surface area contributed by atoms with Gasteiger partial charge in [0.2, 0.25) is 5.91 Å². The number of carbonyl (C=O) groups is 1. The maximum atomic E-state index is 12.3. The van der Waals surface area contributed by atoms with E-state index < -0.39 is 5.56 Å². The summed E-state index contributed by atoms with van der Waals surface area (Å²) in [5.41, 5.74) is 1.63. The average molecular weight is 310 g/mol. The number of aromatic nitrogens is 2. The summed E-state index contributed by atoms with van der Waals surface area (Å²) in [5.74, 6) is -0.240. The zero-order valence-corrected chi connectivity index (χ0v) is 13.4. The first-order valence-electron chi connectivity index (χ1n) is 7.20. The molecule has 1 aromatic heterocycles. The molecule has 0 aliphatic carbocycles. The Morgan fingerprint density at radius 1 is 1.30 bits per heavy atom. The van der Waals surface area contributed by atoms with Gasteiger partial charge in [0.05, 0.1) is 5.69 Å². The average Bonchev–Trinajstić information content (AvgIpc) is 2.54. The highest BCUT2D eigenvalue weighted by Gasteiger charge is 2.16. The van der Waals surface area contributed by atoms with Gasteiger partial charge in [0, 0.05) is 13.6 Å². The molecule has 0 radical (unpaired) electrons. The second-order valence-electron chi connectivity index (χ2n) is 5.40. The van der Waals surface area contributed by atoms with E-state index in [4.69, 9.17) is 5.26 Å². The summed E-state index contributed by atoms with van der Waals surface area (Å²) in [6.45, 7) is 3.66. The molecule has 0 spiro atoms. The lowest BCUT2D eigenvalue weighted by Crippen LogP contribution is -2.36. The van der Waals surface area contributed by atoms with Gasteiger partial charge in [-0.3, -0.25) is 9.59 Å². The van der Waals surface area contributed by atoms with Crippen LogP contribution in [0.4, 0.5) is 0 Å². The van der Waals surface area contributed by atoms with Gasteiger partial charge in [0.25, 0.3) is 5.56 Å². The Hall–Kier alpha value is -2.94. The van der Waals surface area contributed by atoms with Gasteiger partial charge < -0.3 is 4.90 Å². The molecule has 0 saturated carbocycles. The molecule has 0 unspecified atom stereocenters. The Bertz CT molecular complexity index is 819. The minimum atomic E-state index is -0.530. The molecule has 0 atom stereocenters. The second kappa shape index (κ2) is 6.88. The summed E-state index contributed by atoms with van der Waals surface area (Å²) in [6, 6.07) is 11.5. The maximum absolute atomic E-state index is 12.3. The predicted molar refractivity (Wildman–Crippen MR) is 85.6 cm³/mol. The standard InChI is InChI=1S/C17H18N4O2/c1-12-13(2)19-21(17(23)15(12)9-18)11-16(22)20(3)10-14-7-5-4-6-8-14/h4-8H,10-11H2,1-3H3. The molecule has 23 heavy (non-hydrogen) atoms. The molecular formula is C17H18N4O2. The molecule has 1 aromatic carbocycles. The lowest BCUT2D eigenvalue weighted by molar-refractivity contribution is -0.131. The Morgan fingerprint density at radius 3 is 2.57 bits per heavy atom. The van der Waals surface area contributed by atoms with E-state index in [0.29, 0.717) is 17.8 Å². The minimum absolute atomic E-state index is 0.0380. The summed E-state index contributed by atoms with van der Waals surface area (Å²) in [5, 5.41) is 13.2. The topological polar surface area (TPSA) is 79.0 Å². The summed E-state index contributed by atoms with van der Waals surface area (Å²) >= 11 is 0. The molecule has 6 nitrogen and oxygen atoms in total. The van der Waals surface area contributed by atoms with Crippen molar-refractivity contribution in [1.29, 1.82) is 5.26 Å². The summed E-state index contributed by atoms with van der Waals surface area (Å²) < 4.78 is 1.06. The Morgan fingerprint density at radius 2 is 1.96 bits per heavy atom. The Labute approximate surface area is 134 Å². The molecule has 0 aliphatic rings. The van der Waals surface area contributed by atoms with Gasteiger partial charge in [-0.2, -0.15) is 10.4 Å². The van der Waals surface area contributed by atoms with Gasteiger partial charge in [-0.25, -0.2) is 4.68 Å². The Balaban J connectivity index is 2.19. The second-order valence-corrected chi connectivity index (χ2v) is 5.40. The molecule has 0 saturated heterocycles.